The summed E-state index contributed by atoms with van der Waals surface area (Å²) in [6, 6.07) is 38.5. The van der Waals surface area contributed by atoms with Crippen molar-refractivity contribution in [1.82, 2.24) is 8.52 Å². The van der Waals surface area contributed by atoms with Gasteiger partial charge in [0, 0.05) is 0 Å². The predicted molar refractivity (Wildman–Crippen MR) is 141 cm³/mol. The number of hydrogen-bond donors (Lipinski definition) is 3. The molecule has 0 aliphatic carbocycles. The van der Waals surface area contributed by atoms with Crippen LogP contribution in [0.25, 0.3) is 10.9 Å². The van der Waals surface area contributed by atoms with Crippen molar-refractivity contribution in [2.45, 2.75) is 12.5 Å². The summed E-state index contributed by atoms with van der Waals surface area (Å²) in [6.45, 7) is 0. The molecule has 0 amide bonds. The average Bonchev–Trinajstić information content (AvgIpc) is 3.31. The fourth-order valence-corrected chi connectivity index (χ4v) is 17.1. The van der Waals surface area contributed by atoms with Crippen LogP contribution < -0.4 is 14.3 Å². The topological polar surface area (TPSA) is 65.1 Å². The van der Waals surface area contributed by atoms with Gasteiger partial charge in [-0.1, -0.05) is 0 Å². The van der Waals surface area contributed by atoms with Crippen molar-refractivity contribution >= 4 is 46.3 Å². The molecule has 1 aromatic heterocycles. The molecule has 0 spiro atoms. The van der Waals surface area contributed by atoms with Gasteiger partial charge in [-0.15, -0.1) is 0 Å². The van der Waals surface area contributed by atoms with Gasteiger partial charge in [-0.3, -0.25) is 0 Å². The van der Waals surface area contributed by atoms with E-state index in [9.17, 15) is 9.90 Å². The van der Waals surface area contributed by atoms with Crippen LogP contribution in [0.3, 0.4) is 0 Å². The maximum absolute atomic E-state index is 12.7. The van der Waals surface area contributed by atoms with Crippen molar-refractivity contribution in [3.05, 3.63) is 127 Å². The number of aromatic amines is 1. The number of carboxylic acids is 1. The number of carbonyl (C=O) groups is 1. The molecule has 0 bridgehead atoms. The van der Waals surface area contributed by atoms with E-state index >= 15 is 0 Å². The van der Waals surface area contributed by atoms with Crippen LogP contribution in [0.5, 0.6) is 0 Å². The monoisotopic (exact) mass is 554 g/mol. The zero-order valence-electron chi connectivity index (χ0n) is 18.7. The van der Waals surface area contributed by atoms with E-state index in [1.54, 1.807) is 0 Å². The molecule has 168 valence electrons. The van der Waals surface area contributed by atoms with E-state index in [-0.39, 0.29) is 0 Å². The molecule has 1 unspecified atom stereocenters. The van der Waals surface area contributed by atoms with Crippen LogP contribution in [0, 0.1) is 0 Å². The van der Waals surface area contributed by atoms with E-state index in [0.29, 0.717) is 6.42 Å². The summed E-state index contributed by atoms with van der Waals surface area (Å²) < 4.78 is 7.40. The zero-order valence-corrected chi connectivity index (χ0v) is 21.5. The van der Waals surface area contributed by atoms with Crippen LogP contribution in [0.2, 0.25) is 0 Å². The summed E-state index contributed by atoms with van der Waals surface area (Å²) in [5.74, 6) is -0.839. The number of aliphatic carboxylic acids is 1. The maximum atomic E-state index is 12.7. The number of carboxylic acid groups (broad SMARTS) is 1. The van der Waals surface area contributed by atoms with Crippen LogP contribution in [0.4, 0.5) is 0 Å². The minimum atomic E-state index is -3.94. The van der Waals surface area contributed by atoms with Gasteiger partial charge in [0.2, 0.25) is 0 Å². The predicted octanol–water partition coefficient (Wildman–Crippen LogP) is 3.42. The van der Waals surface area contributed by atoms with Crippen LogP contribution in [-0.2, 0) is 11.2 Å². The molecule has 34 heavy (non-hydrogen) atoms. The summed E-state index contributed by atoms with van der Waals surface area (Å²) in [5.41, 5.74) is 2.02. The number of rotatable bonds is 8. The van der Waals surface area contributed by atoms with Crippen LogP contribution in [-0.4, -0.2) is 40.8 Å². The molecule has 4 aromatic carbocycles. The fraction of sp³-hybridized carbons (Fsp3) is 0.0690. The van der Waals surface area contributed by atoms with Crippen LogP contribution >= 0.6 is 0 Å². The summed E-state index contributed by atoms with van der Waals surface area (Å²) in [7, 11) is 0. The first-order chi connectivity index (χ1) is 16.7. The minimum absolute atomic E-state index is 0.393. The first-order valence-corrected chi connectivity index (χ1v) is 17.1. The Hall–Kier alpha value is -3.35. The molecule has 1 heterocycles. The molecule has 0 saturated heterocycles. The average molecular weight is 553 g/mol. The third kappa shape index (κ3) is 4.27. The second-order valence-electron chi connectivity index (χ2n) is 8.45. The van der Waals surface area contributed by atoms with Gasteiger partial charge >= 0.3 is 204 Å². The summed E-state index contributed by atoms with van der Waals surface area (Å²) in [4.78, 5) is 16.0. The van der Waals surface area contributed by atoms with E-state index in [0.717, 1.165) is 16.5 Å². The number of aromatic nitrogens is 1. The van der Waals surface area contributed by atoms with Crippen molar-refractivity contribution in [1.29, 1.82) is 0 Å². The van der Waals surface area contributed by atoms with Gasteiger partial charge in [0.1, 0.15) is 0 Å². The molecular formula is C29H26N2O2Sn. The quantitative estimate of drug-likeness (QED) is 0.258. The van der Waals surface area contributed by atoms with Crippen molar-refractivity contribution in [2.75, 3.05) is 0 Å². The number of benzene rings is 4. The Morgan fingerprint density at radius 1 is 0.735 bits per heavy atom. The van der Waals surface area contributed by atoms with Crippen molar-refractivity contribution in [3.63, 3.8) is 0 Å². The van der Waals surface area contributed by atoms with E-state index < -0.39 is 30.7 Å². The van der Waals surface area contributed by atoms with E-state index in [2.05, 4.69) is 44.9 Å². The molecule has 4 nitrogen and oxygen atoms in total. The van der Waals surface area contributed by atoms with E-state index in [4.69, 9.17) is 0 Å². The first-order valence-electron chi connectivity index (χ1n) is 11.4. The van der Waals surface area contributed by atoms with Gasteiger partial charge < -0.3 is 0 Å². The van der Waals surface area contributed by atoms with Gasteiger partial charge in [-0.25, -0.2) is 0 Å². The normalized spacial score (nSPS) is 12.5. The van der Waals surface area contributed by atoms with Gasteiger partial charge in [0.05, 0.1) is 0 Å². The van der Waals surface area contributed by atoms with Gasteiger partial charge in [0.15, 0.2) is 0 Å². The first kappa shape index (κ1) is 22.4. The molecule has 5 heteroatoms. The number of H-pyrrole nitrogens is 1. The standard InChI is InChI=1S/C11H11N2O2.3C6H5.Sn/c12-9(11(14)15)5-7-6-13-10-4-2-1-3-8(7)10;3*1-2-4-6-5-3-1;/h1-4,6,9,12-13H,5H2,(H,14,15);3*1-5H;/q-1;;;;+1. The second-order valence-corrected chi connectivity index (χ2v) is 18.5. The van der Waals surface area contributed by atoms with Crippen molar-refractivity contribution in [3.8, 4) is 0 Å². The molecule has 0 aliphatic heterocycles. The molecule has 5 rings (SSSR count). The fourth-order valence-electron chi connectivity index (χ4n) is 4.80. The van der Waals surface area contributed by atoms with E-state index in [1.807, 2.05) is 85.1 Å². The van der Waals surface area contributed by atoms with Crippen molar-refractivity contribution in [2.24, 2.45) is 0 Å². The molecule has 1 atom stereocenters. The van der Waals surface area contributed by atoms with Gasteiger partial charge in [-0.05, 0) is 0 Å². The Morgan fingerprint density at radius 2 is 1.21 bits per heavy atom. The Kier molecular flexibility index (Phi) is 6.52. The summed E-state index contributed by atoms with van der Waals surface area (Å²) >= 11 is -3.94. The Bertz CT molecular complexity index is 1290. The van der Waals surface area contributed by atoms with E-state index in [1.165, 1.54) is 10.7 Å². The van der Waals surface area contributed by atoms with Crippen LogP contribution in [0.1, 0.15) is 5.56 Å². The Morgan fingerprint density at radius 3 is 1.71 bits per heavy atom. The number of fused-ring (bicyclic) bond motifs is 1. The third-order valence-electron chi connectivity index (χ3n) is 6.41. The molecule has 5 aromatic rings. The molecule has 0 saturated carbocycles. The Balaban J connectivity index is 1.67. The Labute approximate surface area is 203 Å². The molecule has 0 aliphatic rings. The molecule has 3 N–H and O–H groups in total. The number of para-hydroxylation sites is 1. The number of nitrogens with one attached hydrogen (secondary N) is 2. The molecular weight excluding hydrogens is 527 g/mol. The van der Waals surface area contributed by atoms with Gasteiger partial charge in [0.25, 0.3) is 0 Å². The summed E-state index contributed by atoms with van der Waals surface area (Å²) in [6.07, 6.45) is 2.33. The van der Waals surface area contributed by atoms with Crippen LogP contribution in [0.15, 0.2) is 121 Å². The molecule has 0 radical (unpaired) electrons. The SMILES string of the molecule is O=C(O)C(Cc1c[nH]c2ccccc12)[NH][Sn]([c]1ccccc1)([c]1ccccc1)[c]1ccccc1. The summed E-state index contributed by atoms with van der Waals surface area (Å²) in [5, 5.41) is 11.5. The molecule has 0 fully saturated rings. The van der Waals surface area contributed by atoms with Crippen molar-refractivity contribution < 1.29 is 9.90 Å². The third-order valence-corrected chi connectivity index (χ3v) is 18.9. The van der Waals surface area contributed by atoms with Gasteiger partial charge in [-0.2, -0.15) is 0 Å². The zero-order chi connectivity index (χ0) is 23.4. The second kappa shape index (κ2) is 9.87. The number of hydrogen-bond acceptors (Lipinski definition) is 2.